The summed E-state index contributed by atoms with van der Waals surface area (Å²) in [4.78, 5) is 3.50. The van der Waals surface area contributed by atoms with Crippen molar-refractivity contribution in [2.24, 2.45) is 22.7 Å². The van der Waals surface area contributed by atoms with Gasteiger partial charge in [0, 0.05) is 16.8 Å². The molecule has 0 radical (unpaired) electrons. The maximum atomic E-state index is 11.3. The molecule has 0 spiro atoms. The van der Waals surface area contributed by atoms with Crippen LogP contribution in [0.1, 0.15) is 74.1 Å². The average Bonchev–Trinajstić information content (AvgIpc) is 2.63. The second kappa shape index (κ2) is 4.16. The van der Waals surface area contributed by atoms with E-state index in [1.807, 2.05) is 0 Å². The molecule has 4 fully saturated rings. The van der Waals surface area contributed by atoms with Crippen LogP contribution in [-0.4, -0.2) is 10.1 Å². The summed E-state index contributed by atoms with van der Waals surface area (Å²) in [5.41, 5.74) is 5.57. The van der Waals surface area contributed by atoms with Gasteiger partial charge in [0.1, 0.15) is 0 Å². The molecule has 2 heteroatoms. The predicted octanol–water partition coefficient (Wildman–Crippen LogP) is 4.58. The molecule has 0 amide bonds. The van der Waals surface area contributed by atoms with Crippen LogP contribution in [0.25, 0.3) is 0 Å². The Kier molecular flexibility index (Phi) is 2.75. The lowest BCUT2D eigenvalue weighted by molar-refractivity contribution is -0.156. The lowest BCUT2D eigenvalue weighted by atomic mass is 9.43. The minimum absolute atomic E-state index is 0.146. The van der Waals surface area contributed by atoms with Gasteiger partial charge in [-0.15, -0.1) is 0 Å². The number of aliphatic hydroxyl groups is 1. The first-order chi connectivity index (χ1) is 9.82. The third-order valence-electron chi connectivity index (χ3n) is 7.10. The van der Waals surface area contributed by atoms with Gasteiger partial charge in [0.05, 0.1) is 6.10 Å². The van der Waals surface area contributed by atoms with Gasteiger partial charge in [0.2, 0.25) is 0 Å². The zero-order valence-electron chi connectivity index (χ0n) is 13.9. The van der Waals surface area contributed by atoms with Crippen LogP contribution in [0, 0.1) is 43.4 Å². The van der Waals surface area contributed by atoms with Crippen LogP contribution >= 0.6 is 0 Å². The van der Waals surface area contributed by atoms with E-state index >= 15 is 0 Å². The van der Waals surface area contributed by atoms with Gasteiger partial charge in [-0.2, -0.15) is 0 Å². The van der Waals surface area contributed by atoms with E-state index in [9.17, 15) is 5.11 Å². The summed E-state index contributed by atoms with van der Waals surface area (Å²) in [5.74, 6) is 1.73. The summed E-state index contributed by atoms with van der Waals surface area (Å²) in [6.07, 6.45) is 7.65. The van der Waals surface area contributed by atoms with E-state index in [2.05, 4.69) is 32.7 Å². The van der Waals surface area contributed by atoms with Gasteiger partial charge in [-0.25, -0.2) is 0 Å². The van der Waals surface area contributed by atoms with Gasteiger partial charge < -0.3 is 10.1 Å². The van der Waals surface area contributed by atoms with Gasteiger partial charge in [-0.3, -0.25) is 0 Å². The second-order valence-electron chi connectivity index (χ2n) is 8.95. The number of hydrogen-bond donors (Lipinski definition) is 2. The molecule has 0 saturated heterocycles. The molecular weight excluding hydrogens is 258 g/mol. The molecule has 0 aromatic carbocycles. The molecule has 3 atom stereocenters. The molecule has 0 aliphatic heterocycles. The number of aryl methyl sites for hydroxylation is 1. The third-order valence-corrected chi connectivity index (χ3v) is 7.10. The summed E-state index contributed by atoms with van der Waals surface area (Å²) in [7, 11) is 0. The van der Waals surface area contributed by atoms with E-state index in [1.54, 1.807) is 0 Å². The molecule has 2 nitrogen and oxygen atoms in total. The molecule has 4 aliphatic carbocycles. The van der Waals surface area contributed by atoms with E-state index in [0.29, 0.717) is 5.41 Å². The fraction of sp³-hybridized carbons (Fsp3) is 0.789. The van der Waals surface area contributed by atoms with Crippen molar-refractivity contribution in [3.63, 3.8) is 0 Å². The molecule has 4 aliphatic rings. The fourth-order valence-corrected chi connectivity index (χ4v) is 6.57. The van der Waals surface area contributed by atoms with Crippen molar-refractivity contribution in [2.75, 3.05) is 0 Å². The Morgan fingerprint density at radius 3 is 2.14 bits per heavy atom. The summed E-state index contributed by atoms with van der Waals surface area (Å²) < 4.78 is 0. The Hall–Kier alpha value is -0.760. The third kappa shape index (κ3) is 1.87. The van der Waals surface area contributed by atoms with E-state index in [1.165, 1.54) is 55.3 Å². The molecule has 1 heterocycles. The molecular formula is C19H29NO. The molecule has 4 bridgehead atoms. The zero-order valence-corrected chi connectivity index (χ0v) is 13.9. The van der Waals surface area contributed by atoms with Crippen LogP contribution in [0.4, 0.5) is 0 Å². The van der Waals surface area contributed by atoms with E-state index in [0.717, 1.165) is 17.5 Å². The SMILES string of the molecule is Cc1[nH]c(C(O)C23CC4CC(CC(C)(C4)C2)C3)c(C)c1C. The van der Waals surface area contributed by atoms with E-state index in [-0.39, 0.29) is 11.5 Å². The zero-order chi connectivity index (χ0) is 15.0. The average molecular weight is 287 g/mol. The number of H-pyrrole nitrogens is 1. The van der Waals surface area contributed by atoms with Crippen LogP contribution in [-0.2, 0) is 0 Å². The van der Waals surface area contributed by atoms with Gasteiger partial charge >= 0.3 is 0 Å². The smallest absolute Gasteiger partial charge is 0.0996 e. The van der Waals surface area contributed by atoms with Crippen LogP contribution in [0.15, 0.2) is 0 Å². The molecule has 1 aromatic heterocycles. The number of nitrogens with one attached hydrogen (secondary N) is 1. The molecule has 1 aromatic rings. The highest BCUT2D eigenvalue weighted by Gasteiger charge is 2.58. The highest BCUT2D eigenvalue weighted by molar-refractivity contribution is 5.36. The number of aromatic nitrogens is 1. The van der Waals surface area contributed by atoms with Gasteiger partial charge in [0.15, 0.2) is 0 Å². The molecule has 116 valence electrons. The maximum absolute atomic E-state index is 11.3. The van der Waals surface area contributed by atoms with E-state index in [4.69, 9.17) is 0 Å². The Morgan fingerprint density at radius 1 is 1.05 bits per heavy atom. The summed E-state index contributed by atoms with van der Waals surface area (Å²) in [6.45, 7) is 8.93. The van der Waals surface area contributed by atoms with Crippen molar-refractivity contribution in [1.82, 2.24) is 4.98 Å². The highest BCUT2D eigenvalue weighted by atomic mass is 16.3. The topological polar surface area (TPSA) is 36.0 Å². The van der Waals surface area contributed by atoms with Crippen LogP contribution < -0.4 is 0 Å². The number of hydrogen-bond acceptors (Lipinski definition) is 1. The molecule has 4 saturated carbocycles. The van der Waals surface area contributed by atoms with Crippen molar-refractivity contribution in [3.05, 3.63) is 22.5 Å². The van der Waals surface area contributed by atoms with Crippen LogP contribution in [0.3, 0.4) is 0 Å². The van der Waals surface area contributed by atoms with Crippen molar-refractivity contribution in [1.29, 1.82) is 0 Å². The van der Waals surface area contributed by atoms with Crippen LogP contribution in [0.2, 0.25) is 0 Å². The predicted molar refractivity (Wildman–Crippen MR) is 85.2 cm³/mol. The Morgan fingerprint density at radius 2 is 1.67 bits per heavy atom. The van der Waals surface area contributed by atoms with Crippen LogP contribution in [0.5, 0.6) is 0 Å². The molecule has 2 N–H and O–H groups in total. The normalized spacial score (nSPS) is 42.5. The maximum Gasteiger partial charge on any atom is 0.0996 e. The molecule has 3 unspecified atom stereocenters. The number of aliphatic hydroxyl groups excluding tert-OH is 1. The highest BCUT2D eigenvalue weighted by Crippen LogP contribution is 2.68. The van der Waals surface area contributed by atoms with Gasteiger partial charge in [0.25, 0.3) is 0 Å². The van der Waals surface area contributed by atoms with Gasteiger partial charge in [-0.05, 0) is 87.7 Å². The standard InChI is InChI=1S/C19H29NO/c1-11-12(2)16(20-13(11)3)17(21)19-8-14-5-15(9-19)7-18(4,6-14)10-19/h14-15,17,20-21H,5-10H2,1-4H3. The van der Waals surface area contributed by atoms with Crippen molar-refractivity contribution < 1.29 is 5.11 Å². The fourth-order valence-electron chi connectivity index (χ4n) is 6.57. The quantitative estimate of drug-likeness (QED) is 0.820. The largest absolute Gasteiger partial charge is 0.386 e. The first-order valence-electron chi connectivity index (χ1n) is 8.66. The van der Waals surface area contributed by atoms with Gasteiger partial charge in [-0.1, -0.05) is 6.92 Å². The monoisotopic (exact) mass is 287 g/mol. The first kappa shape index (κ1) is 13.9. The summed E-state index contributed by atoms with van der Waals surface area (Å²) in [5, 5.41) is 11.3. The second-order valence-corrected chi connectivity index (χ2v) is 8.95. The van der Waals surface area contributed by atoms with Crippen molar-refractivity contribution in [3.8, 4) is 0 Å². The van der Waals surface area contributed by atoms with Crippen molar-refractivity contribution in [2.45, 2.75) is 72.3 Å². The number of rotatable bonds is 2. The molecule has 21 heavy (non-hydrogen) atoms. The lowest BCUT2D eigenvalue weighted by Gasteiger charge is -2.62. The Bertz CT molecular complexity index is 571. The van der Waals surface area contributed by atoms with Crippen molar-refractivity contribution >= 4 is 0 Å². The summed E-state index contributed by atoms with van der Waals surface area (Å²) >= 11 is 0. The summed E-state index contributed by atoms with van der Waals surface area (Å²) in [6, 6.07) is 0. The van der Waals surface area contributed by atoms with E-state index < -0.39 is 0 Å². The Balaban J connectivity index is 1.73. The Labute approximate surface area is 128 Å². The minimum atomic E-state index is -0.296. The minimum Gasteiger partial charge on any atom is -0.386 e. The lowest BCUT2D eigenvalue weighted by Crippen LogP contribution is -2.53. The first-order valence-corrected chi connectivity index (χ1v) is 8.66. The number of aromatic amines is 1. The molecule has 5 rings (SSSR count).